The molecule has 0 aromatic heterocycles. The number of rotatable bonds is 11. The first-order valence-corrected chi connectivity index (χ1v) is 10.9. The van der Waals surface area contributed by atoms with E-state index in [0.717, 1.165) is 34.4 Å². The highest BCUT2D eigenvalue weighted by molar-refractivity contribution is 5.87. The molecule has 0 heterocycles. The van der Waals surface area contributed by atoms with Crippen LogP contribution < -0.4 is 18.9 Å². The minimum absolute atomic E-state index is 0.280. The van der Waals surface area contributed by atoms with Crippen molar-refractivity contribution in [1.29, 1.82) is 0 Å². The van der Waals surface area contributed by atoms with E-state index in [1.54, 1.807) is 34.3 Å². The maximum absolute atomic E-state index is 11.9. The number of aryl methyl sites for hydroxylation is 1. The number of esters is 1. The molecule has 0 aliphatic heterocycles. The van der Waals surface area contributed by atoms with E-state index in [4.69, 9.17) is 23.7 Å². The maximum Gasteiger partial charge on any atom is 0.330 e. The van der Waals surface area contributed by atoms with E-state index in [1.807, 2.05) is 24.3 Å². The summed E-state index contributed by atoms with van der Waals surface area (Å²) in [4.78, 5) is 11.9. The molecule has 0 atom stereocenters. The van der Waals surface area contributed by atoms with Gasteiger partial charge in [0, 0.05) is 17.2 Å². The molecule has 0 radical (unpaired) electrons. The standard InChI is InChI=1S/C27H34O6/c1-8-32-25(28)14-12-21-11-10-19(4)22(13-9-18(2)3)26(21)33-17-20-15-23(29-5)27(31-7)24(16-20)30-6/h9-12,14-16H,8,13,17H2,1-7H3/b14-12+. The molecule has 0 aliphatic carbocycles. The quantitative estimate of drug-likeness (QED) is 0.247. The van der Waals surface area contributed by atoms with E-state index in [-0.39, 0.29) is 12.6 Å². The van der Waals surface area contributed by atoms with Crippen LogP contribution in [0.1, 0.15) is 43.0 Å². The average molecular weight is 455 g/mol. The summed E-state index contributed by atoms with van der Waals surface area (Å²) in [6.45, 7) is 8.57. The van der Waals surface area contributed by atoms with Gasteiger partial charge in [0.15, 0.2) is 11.5 Å². The summed E-state index contributed by atoms with van der Waals surface area (Å²) in [5, 5.41) is 0. The number of hydrogen-bond donors (Lipinski definition) is 0. The smallest absolute Gasteiger partial charge is 0.330 e. The summed E-state index contributed by atoms with van der Waals surface area (Å²) in [5.41, 5.74) is 5.06. The molecular formula is C27H34O6. The minimum atomic E-state index is -0.389. The van der Waals surface area contributed by atoms with Crippen molar-refractivity contribution in [3.05, 3.63) is 64.2 Å². The third-order valence-electron chi connectivity index (χ3n) is 5.03. The fraction of sp³-hybridized carbons (Fsp3) is 0.370. The van der Waals surface area contributed by atoms with Gasteiger partial charge in [-0.05, 0) is 63.5 Å². The molecule has 2 aromatic rings. The Balaban J connectivity index is 2.47. The van der Waals surface area contributed by atoms with Crippen LogP contribution in [0.2, 0.25) is 0 Å². The van der Waals surface area contributed by atoms with Crippen LogP contribution >= 0.6 is 0 Å². The highest BCUT2D eigenvalue weighted by atomic mass is 16.5. The Morgan fingerprint density at radius 1 is 0.970 bits per heavy atom. The molecule has 0 bridgehead atoms. The number of carbonyl (C=O) groups excluding carboxylic acids is 1. The van der Waals surface area contributed by atoms with Crippen molar-refractivity contribution in [2.24, 2.45) is 0 Å². The van der Waals surface area contributed by atoms with Crippen LogP contribution in [0.4, 0.5) is 0 Å². The topological polar surface area (TPSA) is 63.2 Å². The fourth-order valence-corrected chi connectivity index (χ4v) is 3.33. The maximum atomic E-state index is 11.9. The molecule has 2 aromatic carbocycles. The molecular weight excluding hydrogens is 420 g/mol. The molecule has 6 heteroatoms. The first-order valence-electron chi connectivity index (χ1n) is 10.9. The molecule has 2 rings (SSSR count). The molecule has 0 saturated carbocycles. The Morgan fingerprint density at radius 2 is 1.64 bits per heavy atom. The monoisotopic (exact) mass is 454 g/mol. The third kappa shape index (κ3) is 7.04. The number of ether oxygens (including phenoxy) is 5. The largest absolute Gasteiger partial charge is 0.493 e. The summed E-state index contributed by atoms with van der Waals surface area (Å²) < 4.78 is 27.7. The fourth-order valence-electron chi connectivity index (χ4n) is 3.33. The van der Waals surface area contributed by atoms with Crippen molar-refractivity contribution in [1.82, 2.24) is 0 Å². The van der Waals surface area contributed by atoms with Crippen molar-refractivity contribution in [3.8, 4) is 23.0 Å². The van der Waals surface area contributed by atoms with Crippen molar-refractivity contribution >= 4 is 12.0 Å². The molecule has 6 nitrogen and oxygen atoms in total. The summed E-state index contributed by atoms with van der Waals surface area (Å²) in [5.74, 6) is 1.99. The minimum Gasteiger partial charge on any atom is -0.493 e. The zero-order valence-electron chi connectivity index (χ0n) is 20.6. The summed E-state index contributed by atoms with van der Waals surface area (Å²) in [6.07, 6.45) is 6.03. The van der Waals surface area contributed by atoms with Crippen LogP contribution in [-0.2, 0) is 22.6 Å². The first kappa shape index (κ1) is 25.8. The van der Waals surface area contributed by atoms with E-state index in [9.17, 15) is 4.79 Å². The van der Waals surface area contributed by atoms with Gasteiger partial charge < -0.3 is 23.7 Å². The summed E-state index contributed by atoms with van der Waals surface area (Å²) in [6, 6.07) is 7.70. The Bertz CT molecular complexity index is 991. The van der Waals surface area contributed by atoms with Gasteiger partial charge in [-0.2, -0.15) is 0 Å². The first-order chi connectivity index (χ1) is 15.8. The van der Waals surface area contributed by atoms with E-state index < -0.39 is 0 Å². The van der Waals surface area contributed by atoms with Gasteiger partial charge in [0.1, 0.15) is 12.4 Å². The second kappa shape index (κ2) is 12.6. The van der Waals surface area contributed by atoms with Gasteiger partial charge in [-0.3, -0.25) is 0 Å². The van der Waals surface area contributed by atoms with Crippen LogP contribution in [-0.4, -0.2) is 33.9 Å². The van der Waals surface area contributed by atoms with Crippen LogP contribution in [0.15, 0.2) is 42.0 Å². The average Bonchev–Trinajstić information content (AvgIpc) is 2.80. The molecule has 0 saturated heterocycles. The number of carbonyl (C=O) groups is 1. The Morgan fingerprint density at radius 3 is 2.18 bits per heavy atom. The van der Waals surface area contributed by atoms with Gasteiger partial charge in [-0.25, -0.2) is 4.79 Å². The summed E-state index contributed by atoms with van der Waals surface area (Å²) in [7, 11) is 4.73. The van der Waals surface area contributed by atoms with Crippen LogP contribution in [0.25, 0.3) is 6.08 Å². The zero-order valence-corrected chi connectivity index (χ0v) is 20.6. The van der Waals surface area contributed by atoms with Crippen molar-refractivity contribution < 1.29 is 28.5 Å². The van der Waals surface area contributed by atoms with E-state index in [0.29, 0.717) is 23.9 Å². The molecule has 0 unspecified atom stereocenters. The SMILES string of the molecule is CCOC(=O)/C=C/c1ccc(C)c(CC=C(C)C)c1OCc1cc(OC)c(OC)c(OC)c1. The predicted molar refractivity (Wildman–Crippen MR) is 130 cm³/mol. The molecule has 0 aliphatic rings. The number of hydrogen-bond acceptors (Lipinski definition) is 6. The van der Waals surface area contributed by atoms with Crippen molar-refractivity contribution in [3.63, 3.8) is 0 Å². The van der Waals surface area contributed by atoms with E-state index >= 15 is 0 Å². The molecule has 33 heavy (non-hydrogen) atoms. The molecule has 178 valence electrons. The Hall–Kier alpha value is -3.41. The molecule has 0 amide bonds. The second-order valence-corrected chi connectivity index (χ2v) is 7.67. The van der Waals surface area contributed by atoms with Crippen molar-refractivity contribution in [2.75, 3.05) is 27.9 Å². The van der Waals surface area contributed by atoms with Crippen LogP contribution in [0.3, 0.4) is 0 Å². The molecule has 0 spiro atoms. The zero-order chi connectivity index (χ0) is 24.4. The summed E-state index contributed by atoms with van der Waals surface area (Å²) >= 11 is 0. The molecule has 0 fully saturated rings. The highest BCUT2D eigenvalue weighted by Crippen LogP contribution is 2.39. The van der Waals surface area contributed by atoms with Gasteiger partial charge in [-0.15, -0.1) is 0 Å². The van der Waals surface area contributed by atoms with Gasteiger partial charge in [0.05, 0.1) is 27.9 Å². The van der Waals surface area contributed by atoms with Crippen molar-refractivity contribution in [2.45, 2.75) is 40.7 Å². The van der Waals surface area contributed by atoms with Gasteiger partial charge >= 0.3 is 5.97 Å². The van der Waals surface area contributed by atoms with Crippen LogP contribution in [0, 0.1) is 6.92 Å². The van der Waals surface area contributed by atoms with Gasteiger partial charge in [-0.1, -0.05) is 23.8 Å². The lowest BCUT2D eigenvalue weighted by Gasteiger charge is -2.18. The van der Waals surface area contributed by atoms with E-state index in [2.05, 4.69) is 26.8 Å². The second-order valence-electron chi connectivity index (χ2n) is 7.67. The normalized spacial score (nSPS) is 10.6. The van der Waals surface area contributed by atoms with Gasteiger partial charge in [0.2, 0.25) is 5.75 Å². The number of benzene rings is 2. The lowest BCUT2D eigenvalue weighted by Crippen LogP contribution is -2.04. The lowest BCUT2D eigenvalue weighted by molar-refractivity contribution is -0.137. The Kier molecular flexibility index (Phi) is 9.85. The Labute approximate surface area is 196 Å². The molecule has 0 N–H and O–H groups in total. The number of methoxy groups -OCH3 is 3. The van der Waals surface area contributed by atoms with Gasteiger partial charge in [0.25, 0.3) is 0 Å². The van der Waals surface area contributed by atoms with E-state index in [1.165, 1.54) is 11.6 Å². The predicted octanol–water partition coefficient (Wildman–Crippen LogP) is 5.68. The number of allylic oxidation sites excluding steroid dienone is 2. The highest BCUT2D eigenvalue weighted by Gasteiger charge is 2.16. The van der Waals surface area contributed by atoms with Crippen LogP contribution in [0.5, 0.6) is 23.0 Å². The third-order valence-corrected chi connectivity index (χ3v) is 5.03. The lowest BCUT2D eigenvalue weighted by atomic mass is 9.99.